The molecule has 0 aromatic heterocycles. The molecule has 0 spiro atoms. The van der Waals surface area contributed by atoms with Gasteiger partial charge in [0.25, 0.3) is 0 Å². The van der Waals surface area contributed by atoms with Crippen LogP contribution in [0.5, 0.6) is 0 Å². The second kappa shape index (κ2) is 8.95. The Morgan fingerprint density at radius 2 is 1.77 bits per heavy atom. The lowest BCUT2D eigenvalue weighted by molar-refractivity contribution is -0.137. The molecular weight excluding hydrogens is 414 g/mol. The van der Waals surface area contributed by atoms with Crippen LogP contribution in [-0.2, 0) is 17.5 Å². The number of nitrogens with zero attached hydrogens (tertiary/aromatic N) is 1. The van der Waals surface area contributed by atoms with Crippen molar-refractivity contribution in [1.82, 2.24) is 10.2 Å². The van der Waals surface area contributed by atoms with Gasteiger partial charge in [0.05, 0.1) is 16.7 Å². The number of alkyl halides is 3. The van der Waals surface area contributed by atoms with Crippen molar-refractivity contribution >= 4 is 17.6 Å². The second-order valence-electron chi connectivity index (χ2n) is 7.87. The average molecular weight is 437 g/mol. The van der Waals surface area contributed by atoms with Gasteiger partial charge in [-0.25, -0.2) is 9.18 Å². The third-order valence-corrected chi connectivity index (χ3v) is 5.37. The van der Waals surface area contributed by atoms with Gasteiger partial charge in [0.2, 0.25) is 5.91 Å². The van der Waals surface area contributed by atoms with Crippen LogP contribution >= 0.6 is 0 Å². The average Bonchev–Trinajstić information content (AvgIpc) is 2.72. The zero-order valence-corrected chi connectivity index (χ0v) is 16.9. The van der Waals surface area contributed by atoms with E-state index < -0.39 is 23.2 Å². The Bertz CT molecular complexity index is 947. The molecular formula is C22H23F4N3O2. The van der Waals surface area contributed by atoms with Crippen molar-refractivity contribution in [2.24, 2.45) is 5.41 Å². The zero-order valence-electron chi connectivity index (χ0n) is 16.9. The largest absolute Gasteiger partial charge is 0.418 e. The minimum atomic E-state index is -4.60. The van der Waals surface area contributed by atoms with Crippen LogP contribution in [0.15, 0.2) is 48.5 Å². The minimum absolute atomic E-state index is 0.0717. The predicted octanol–water partition coefficient (Wildman–Crippen LogP) is 4.79. The molecule has 1 fully saturated rings. The number of rotatable bonds is 4. The highest BCUT2D eigenvalue weighted by Crippen LogP contribution is 2.35. The first-order chi connectivity index (χ1) is 14.6. The summed E-state index contributed by atoms with van der Waals surface area (Å²) in [4.78, 5) is 26.8. The molecule has 31 heavy (non-hydrogen) atoms. The highest BCUT2D eigenvalue weighted by molar-refractivity contribution is 5.91. The van der Waals surface area contributed by atoms with Crippen LogP contribution in [0, 0.1) is 11.2 Å². The summed E-state index contributed by atoms with van der Waals surface area (Å²) in [6.07, 6.45) is -3.53. The maximum absolute atomic E-state index is 13.2. The Balaban J connectivity index is 1.64. The standard InChI is InChI=1S/C22H23F4N3O2/c1-21(19(30)27-13-15-7-9-16(23)10-8-15)11-4-12-29(14-21)20(31)28-18-6-3-2-5-17(18)22(24,25)26/h2-3,5-10H,4,11-14H2,1H3,(H,27,30)(H,28,31). The summed E-state index contributed by atoms with van der Waals surface area (Å²) in [5.41, 5.74) is -1.42. The molecule has 1 unspecified atom stereocenters. The monoisotopic (exact) mass is 437 g/mol. The van der Waals surface area contributed by atoms with Gasteiger partial charge in [-0.05, 0) is 49.6 Å². The lowest BCUT2D eigenvalue weighted by Crippen LogP contribution is -2.52. The van der Waals surface area contributed by atoms with Crippen molar-refractivity contribution in [2.45, 2.75) is 32.5 Å². The van der Waals surface area contributed by atoms with E-state index in [0.717, 1.165) is 11.6 Å². The first kappa shape index (κ1) is 22.6. The van der Waals surface area contributed by atoms with Gasteiger partial charge in [-0.3, -0.25) is 4.79 Å². The summed E-state index contributed by atoms with van der Waals surface area (Å²) in [6, 6.07) is 9.80. The molecule has 2 aromatic carbocycles. The van der Waals surface area contributed by atoms with E-state index in [2.05, 4.69) is 10.6 Å². The van der Waals surface area contributed by atoms with E-state index in [9.17, 15) is 27.2 Å². The first-order valence-corrected chi connectivity index (χ1v) is 9.83. The number of likely N-dealkylation sites (tertiary alicyclic amines) is 1. The Kier molecular flexibility index (Phi) is 6.52. The van der Waals surface area contributed by atoms with Crippen LogP contribution in [0.4, 0.5) is 28.0 Å². The van der Waals surface area contributed by atoms with Gasteiger partial charge in [0.15, 0.2) is 0 Å². The molecule has 2 N–H and O–H groups in total. The molecule has 3 amide bonds. The number of urea groups is 1. The first-order valence-electron chi connectivity index (χ1n) is 9.83. The molecule has 9 heteroatoms. The van der Waals surface area contributed by atoms with Crippen LogP contribution in [0.25, 0.3) is 0 Å². The molecule has 0 radical (unpaired) electrons. The van der Waals surface area contributed by atoms with Crippen LogP contribution < -0.4 is 10.6 Å². The summed E-state index contributed by atoms with van der Waals surface area (Å²) >= 11 is 0. The molecule has 2 aromatic rings. The lowest BCUT2D eigenvalue weighted by atomic mass is 9.81. The van der Waals surface area contributed by atoms with Gasteiger partial charge < -0.3 is 15.5 Å². The molecule has 166 valence electrons. The van der Waals surface area contributed by atoms with Crippen molar-refractivity contribution < 1.29 is 27.2 Å². The van der Waals surface area contributed by atoms with Gasteiger partial charge in [-0.2, -0.15) is 13.2 Å². The van der Waals surface area contributed by atoms with E-state index in [0.29, 0.717) is 19.4 Å². The number of benzene rings is 2. The Morgan fingerprint density at radius 1 is 1.10 bits per heavy atom. The molecule has 0 saturated carbocycles. The van der Waals surface area contributed by atoms with E-state index in [1.807, 2.05) is 0 Å². The number of para-hydroxylation sites is 1. The third-order valence-electron chi connectivity index (χ3n) is 5.37. The molecule has 1 atom stereocenters. The molecule has 0 aliphatic carbocycles. The van der Waals surface area contributed by atoms with Gasteiger partial charge in [-0.15, -0.1) is 0 Å². The van der Waals surface area contributed by atoms with Crippen molar-refractivity contribution in [3.8, 4) is 0 Å². The smallest absolute Gasteiger partial charge is 0.351 e. The topological polar surface area (TPSA) is 61.4 Å². The number of hydrogen-bond donors (Lipinski definition) is 2. The lowest BCUT2D eigenvalue weighted by Gasteiger charge is -2.39. The number of amides is 3. The Morgan fingerprint density at radius 3 is 2.45 bits per heavy atom. The minimum Gasteiger partial charge on any atom is -0.351 e. The van der Waals surface area contributed by atoms with E-state index in [-0.39, 0.29) is 30.5 Å². The van der Waals surface area contributed by atoms with Crippen molar-refractivity contribution in [3.63, 3.8) is 0 Å². The van der Waals surface area contributed by atoms with Crippen LogP contribution in [0.2, 0.25) is 0 Å². The SMILES string of the molecule is CC1(C(=O)NCc2ccc(F)cc2)CCCN(C(=O)Nc2ccccc2C(F)(F)F)C1. The van der Waals surface area contributed by atoms with Crippen molar-refractivity contribution in [2.75, 3.05) is 18.4 Å². The Labute approximate surface area is 177 Å². The predicted molar refractivity (Wildman–Crippen MR) is 108 cm³/mol. The van der Waals surface area contributed by atoms with Gasteiger partial charge in [0.1, 0.15) is 5.82 Å². The van der Waals surface area contributed by atoms with E-state index in [1.165, 1.54) is 35.2 Å². The van der Waals surface area contributed by atoms with Crippen LogP contribution in [0.1, 0.15) is 30.9 Å². The fourth-order valence-electron chi connectivity index (χ4n) is 3.63. The summed E-state index contributed by atoms with van der Waals surface area (Å²) in [5.74, 6) is -0.645. The second-order valence-corrected chi connectivity index (χ2v) is 7.87. The normalized spacial score (nSPS) is 19.1. The zero-order chi connectivity index (χ0) is 22.6. The number of carbonyl (C=O) groups excluding carboxylic acids is 2. The molecule has 1 saturated heterocycles. The van der Waals surface area contributed by atoms with Crippen LogP contribution in [0.3, 0.4) is 0 Å². The maximum Gasteiger partial charge on any atom is 0.418 e. The highest BCUT2D eigenvalue weighted by atomic mass is 19.4. The van der Waals surface area contributed by atoms with Gasteiger partial charge >= 0.3 is 12.2 Å². The van der Waals surface area contributed by atoms with E-state index in [1.54, 1.807) is 19.1 Å². The fourth-order valence-corrected chi connectivity index (χ4v) is 3.63. The van der Waals surface area contributed by atoms with Crippen molar-refractivity contribution in [3.05, 3.63) is 65.5 Å². The molecule has 1 aliphatic rings. The Hall–Kier alpha value is -3.10. The quantitative estimate of drug-likeness (QED) is 0.676. The number of nitrogens with one attached hydrogen (secondary N) is 2. The summed E-state index contributed by atoms with van der Waals surface area (Å²) in [5, 5.41) is 5.12. The molecule has 1 heterocycles. The summed E-state index contributed by atoms with van der Waals surface area (Å²) in [6.45, 7) is 2.33. The van der Waals surface area contributed by atoms with Gasteiger partial charge in [0, 0.05) is 19.6 Å². The number of carbonyl (C=O) groups is 2. The van der Waals surface area contributed by atoms with Gasteiger partial charge in [-0.1, -0.05) is 24.3 Å². The fraction of sp³-hybridized carbons (Fsp3) is 0.364. The molecule has 3 rings (SSSR count). The molecule has 0 bridgehead atoms. The van der Waals surface area contributed by atoms with Crippen molar-refractivity contribution in [1.29, 1.82) is 0 Å². The van der Waals surface area contributed by atoms with Crippen LogP contribution in [-0.4, -0.2) is 29.9 Å². The molecule has 1 aliphatic heterocycles. The van der Waals surface area contributed by atoms with E-state index in [4.69, 9.17) is 0 Å². The summed E-state index contributed by atoms with van der Waals surface area (Å²) < 4.78 is 52.5. The number of halogens is 4. The summed E-state index contributed by atoms with van der Waals surface area (Å²) in [7, 11) is 0. The maximum atomic E-state index is 13.2. The molecule has 5 nitrogen and oxygen atoms in total. The number of anilines is 1. The highest BCUT2D eigenvalue weighted by Gasteiger charge is 2.40. The number of piperidine rings is 1. The third kappa shape index (κ3) is 5.53. The van der Waals surface area contributed by atoms with E-state index >= 15 is 0 Å². The number of hydrogen-bond acceptors (Lipinski definition) is 2.